The van der Waals surface area contributed by atoms with Gasteiger partial charge in [0.25, 0.3) is 5.56 Å². The molecule has 1 aromatic heterocycles. The molecule has 0 aliphatic carbocycles. The number of ether oxygens (including phenoxy) is 1. The minimum atomic E-state index is -3.66. The lowest BCUT2D eigenvalue weighted by atomic mass is 10.2. The summed E-state index contributed by atoms with van der Waals surface area (Å²) < 4.78 is 33.4. The zero-order valence-corrected chi connectivity index (χ0v) is 18.0. The maximum atomic E-state index is 12.7. The molecule has 9 nitrogen and oxygen atoms in total. The second kappa shape index (κ2) is 9.21. The van der Waals surface area contributed by atoms with Crippen molar-refractivity contribution in [1.82, 2.24) is 8.87 Å². The van der Waals surface area contributed by atoms with Crippen molar-refractivity contribution in [3.63, 3.8) is 0 Å². The molecule has 31 heavy (non-hydrogen) atoms. The van der Waals surface area contributed by atoms with Gasteiger partial charge in [0, 0.05) is 49.8 Å². The van der Waals surface area contributed by atoms with E-state index in [0.717, 1.165) is 36.2 Å². The Balaban J connectivity index is 1.43. The summed E-state index contributed by atoms with van der Waals surface area (Å²) in [5.74, 6) is -0.406. The standard InChI is InChI=1S/C21H26N4O5S/c26-20(22-17-3-5-18(6-4-17)23-11-13-30-14-12-23)16-24-15-19(7-8-21(24)27)31(28,29)25-9-1-2-10-25/h3-8,15H,1-2,9-14,16H2,(H,22,26). The minimum Gasteiger partial charge on any atom is -0.378 e. The number of hydrogen-bond donors (Lipinski definition) is 1. The molecule has 166 valence electrons. The molecular weight excluding hydrogens is 420 g/mol. The quantitative estimate of drug-likeness (QED) is 0.713. The molecule has 2 aromatic rings. The summed E-state index contributed by atoms with van der Waals surface area (Å²) in [6.07, 6.45) is 2.90. The SMILES string of the molecule is O=C(Cn1cc(S(=O)(=O)N2CCCC2)ccc1=O)Nc1ccc(N2CCOCC2)cc1. The maximum absolute atomic E-state index is 12.7. The maximum Gasteiger partial charge on any atom is 0.251 e. The predicted octanol–water partition coefficient (Wildman–Crippen LogP) is 1.11. The van der Waals surface area contributed by atoms with Crippen LogP contribution in [0.4, 0.5) is 11.4 Å². The van der Waals surface area contributed by atoms with Gasteiger partial charge in [-0.15, -0.1) is 0 Å². The number of hydrogen-bond acceptors (Lipinski definition) is 6. The summed E-state index contributed by atoms with van der Waals surface area (Å²) in [4.78, 5) is 26.9. The van der Waals surface area contributed by atoms with Gasteiger partial charge >= 0.3 is 0 Å². The molecule has 2 fully saturated rings. The van der Waals surface area contributed by atoms with Crippen LogP contribution in [0.2, 0.25) is 0 Å². The molecule has 2 aliphatic rings. The number of pyridine rings is 1. The number of nitrogens with one attached hydrogen (secondary N) is 1. The van der Waals surface area contributed by atoms with Crippen molar-refractivity contribution in [3.05, 3.63) is 52.9 Å². The van der Waals surface area contributed by atoms with E-state index in [1.807, 2.05) is 12.1 Å². The first-order valence-electron chi connectivity index (χ1n) is 10.4. The summed E-state index contributed by atoms with van der Waals surface area (Å²) in [5.41, 5.74) is 1.23. The van der Waals surface area contributed by atoms with Crippen LogP contribution in [-0.2, 0) is 26.1 Å². The average Bonchev–Trinajstić information content (AvgIpc) is 3.32. The van der Waals surface area contributed by atoms with Crippen LogP contribution < -0.4 is 15.8 Å². The topological polar surface area (TPSA) is 101 Å². The van der Waals surface area contributed by atoms with E-state index >= 15 is 0 Å². The van der Waals surface area contributed by atoms with Crippen molar-refractivity contribution in [2.45, 2.75) is 24.3 Å². The number of benzene rings is 1. The molecule has 4 rings (SSSR count). The third-order valence-corrected chi connectivity index (χ3v) is 7.38. The number of amides is 1. The lowest BCUT2D eigenvalue weighted by Crippen LogP contribution is -2.36. The van der Waals surface area contributed by atoms with Gasteiger partial charge in [0.1, 0.15) is 6.54 Å². The van der Waals surface area contributed by atoms with Crippen molar-refractivity contribution in [3.8, 4) is 0 Å². The molecule has 0 spiro atoms. The van der Waals surface area contributed by atoms with E-state index in [2.05, 4.69) is 10.2 Å². The number of anilines is 2. The van der Waals surface area contributed by atoms with E-state index in [0.29, 0.717) is 32.0 Å². The van der Waals surface area contributed by atoms with Crippen LogP contribution in [-0.4, -0.2) is 62.6 Å². The van der Waals surface area contributed by atoms with Crippen LogP contribution in [0.15, 0.2) is 52.3 Å². The Morgan fingerprint density at radius 2 is 1.65 bits per heavy atom. The van der Waals surface area contributed by atoms with Crippen molar-refractivity contribution in [1.29, 1.82) is 0 Å². The van der Waals surface area contributed by atoms with Gasteiger partial charge in [-0.05, 0) is 43.2 Å². The Hall–Kier alpha value is -2.69. The molecule has 0 atom stereocenters. The van der Waals surface area contributed by atoms with Gasteiger partial charge in [-0.3, -0.25) is 9.59 Å². The highest BCUT2D eigenvalue weighted by atomic mass is 32.2. The number of carbonyl (C=O) groups excluding carboxylic acids is 1. The highest BCUT2D eigenvalue weighted by molar-refractivity contribution is 7.89. The van der Waals surface area contributed by atoms with Gasteiger partial charge in [0.2, 0.25) is 15.9 Å². The van der Waals surface area contributed by atoms with Gasteiger partial charge in [0.05, 0.1) is 18.1 Å². The molecule has 0 saturated carbocycles. The summed E-state index contributed by atoms with van der Waals surface area (Å²) in [6, 6.07) is 9.95. The monoisotopic (exact) mass is 446 g/mol. The highest BCUT2D eigenvalue weighted by Gasteiger charge is 2.27. The van der Waals surface area contributed by atoms with Crippen LogP contribution in [0, 0.1) is 0 Å². The van der Waals surface area contributed by atoms with Crippen LogP contribution in [0.25, 0.3) is 0 Å². The van der Waals surface area contributed by atoms with E-state index in [-0.39, 0.29) is 11.4 Å². The number of nitrogens with zero attached hydrogens (tertiary/aromatic N) is 3. The Morgan fingerprint density at radius 3 is 2.32 bits per heavy atom. The molecule has 2 aliphatic heterocycles. The van der Waals surface area contributed by atoms with Crippen LogP contribution in [0.1, 0.15) is 12.8 Å². The van der Waals surface area contributed by atoms with Gasteiger partial charge in [-0.1, -0.05) is 0 Å². The molecule has 1 N–H and O–H groups in total. The zero-order chi connectivity index (χ0) is 21.8. The molecule has 2 saturated heterocycles. The van der Waals surface area contributed by atoms with Gasteiger partial charge < -0.3 is 19.5 Å². The molecule has 1 aromatic carbocycles. The molecular formula is C21H26N4O5S. The Morgan fingerprint density at radius 1 is 0.968 bits per heavy atom. The van der Waals surface area contributed by atoms with Crippen LogP contribution >= 0.6 is 0 Å². The van der Waals surface area contributed by atoms with E-state index in [1.165, 1.54) is 22.6 Å². The number of carbonyl (C=O) groups is 1. The molecule has 3 heterocycles. The fourth-order valence-corrected chi connectivity index (χ4v) is 5.33. The minimum absolute atomic E-state index is 0.0247. The summed E-state index contributed by atoms with van der Waals surface area (Å²) in [5, 5.41) is 2.76. The molecule has 10 heteroatoms. The lowest BCUT2D eigenvalue weighted by Gasteiger charge is -2.28. The number of aromatic nitrogens is 1. The predicted molar refractivity (Wildman–Crippen MR) is 117 cm³/mol. The van der Waals surface area contributed by atoms with Gasteiger partial charge in [-0.25, -0.2) is 8.42 Å². The Kier molecular flexibility index (Phi) is 6.40. The molecule has 0 unspecified atom stereocenters. The molecule has 0 bridgehead atoms. The number of morpholine rings is 1. The number of rotatable bonds is 6. The van der Waals surface area contributed by atoms with Crippen molar-refractivity contribution in [2.75, 3.05) is 49.6 Å². The summed E-state index contributed by atoms with van der Waals surface area (Å²) >= 11 is 0. The third-order valence-electron chi connectivity index (χ3n) is 5.50. The second-order valence-electron chi connectivity index (χ2n) is 7.64. The van der Waals surface area contributed by atoms with Gasteiger partial charge in [-0.2, -0.15) is 4.31 Å². The van der Waals surface area contributed by atoms with Crippen molar-refractivity contribution >= 4 is 27.3 Å². The Labute approximate surface area is 181 Å². The largest absolute Gasteiger partial charge is 0.378 e. The Bertz CT molecular complexity index is 1090. The van der Waals surface area contributed by atoms with E-state index in [4.69, 9.17) is 4.74 Å². The van der Waals surface area contributed by atoms with E-state index in [1.54, 1.807) is 12.1 Å². The normalized spacial score (nSPS) is 17.6. The van der Waals surface area contributed by atoms with Crippen molar-refractivity contribution < 1.29 is 17.9 Å². The second-order valence-corrected chi connectivity index (χ2v) is 9.57. The third kappa shape index (κ3) is 4.97. The highest BCUT2D eigenvalue weighted by Crippen LogP contribution is 2.20. The molecule has 0 radical (unpaired) electrons. The smallest absolute Gasteiger partial charge is 0.251 e. The fourth-order valence-electron chi connectivity index (χ4n) is 3.80. The fraction of sp³-hybridized carbons (Fsp3) is 0.429. The lowest BCUT2D eigenvalue weighted by molar-refractivity contribution is -0.116. The van der Waals surface area contributed by atoms with E-state index in [9.17, 15) is 18.0 Å². The van der Waals surface area contributed by atoms with Gasteiger partial charge in [0.15, 0.2) is 0 Å². The molecule has 1 amide bonds. The van der Waals surface area contributed by atoms with Crippen LogP contribution in [0.5, 0.6) is 0 Å². The number of sulfonamides is 1. The first kappa shape index (κ1) is 21.5. The first-order valence-corrected chi connectivity index (χ1v) is 11.8. The van der Waals surface area contributed by atoms with Crippen molar-refractivity contribution in [2.24, 2.45) is 0 Å². The van der Waals surface area contributed by atoms with Crippen LogP contribution in [0.3, 0.4) is 0 Å². The average molecular weight is 447 g/mol. The zero-order valence-electron chi connectivity index (χ0n) is 17.2. The summed E-state index contributed by atoms with van der Waals surface area (Å²) in [7, 11) is -3.66. The first-order chi connectivity index (χ1) is 14.9. The summed E-state index contributed by atoms with van der Waals surface area (Å²) in [6.45, 7) is 3.72. The van der Waals surface area contributed by atoms with E-state index < -0.39 is 21.5 Å².